The highest BCUT2D eigenvalue weighted by atomic mass is 16.2. The van der Waals surface area contributed by atoms with Crippen LogP contribution in [0.5, 0.6) is 0 Å². The Kier molecular flexibility index (Phi) is 11.4. The van der Waals surface area contributed by atoms with Crippen molar-refractivity contribution in [1.29, 1.82) is 0 Å². The van der Waals surface area contributed by atoms with Gasteiger partial charge in [-0.2, -0.15) is 0 Å². The molecule has 0 aromatic rings. The molecule has 0 bridgehead atoms. The van der Waals surface area contributed by atoms with Crippen LogP contribution in [0.1, 0.15) is 20.3 Å². The van der Waals surface area contributed by atoms with Crippen molar-refractivity contribution < 1.29 is 4.79 Å². The van der Waals surface area contributed by atoms with Gasteiger partial charge in [-0.3, -0.25) is 0 Å². The molecule has 0 aliphatic heterocycles. The minimum atomic E-state index is -0.331. The van der Waals surface area contributed by atoms with Gasteiger partial charge in [-0.1, -0.05) is 38.3 Å². The van der Waals surface area contributed by atoms with Crippen LogP contribution in [-0.4, -0.2) is 13.1 Å². The molecule has 0 radical (unpaired) electrons. The Morgan fingerprint density at radius 1 is 1.09 bits per heavy atom. The predicted octanol–water partition coefficient (Wildman–Crippen LogP) is 4.07. The number of rotatable bonds is 9. The van der Waals surface area contributed by atoms with Gasteiger partial charge in [0.05, 0.1) is 0 Å². The molecule has 4 nitrogen and oxygen atoms in total. The average molecular weight is 313 g/mol. The molecule has 0 saturated heterocycles. The Morgan fingerprint density at radius 2 is 1.83 bits per heavy atom. The first-order valence-corrected chi connectivity index (χ1v) is 7.51. The van der Waals surface area contributed by atoms with Crippen molar-refractivity contribution in [1.82, 2.24) is 16.0 Å². The van der Waals surface area contributed by atoms with Crippen molar-refractivity contribution in [2.45, 2.75) is 20.3 Å². The topological polar surface area (TPSA) is 53.2 Å². The van der Waals surface area contributed by atoms with E-state index in [0.717, 1.165) is 17.7 Å². The van der Waals surface area contributed by atoms with E-state index in [9.17, 15) is 4.79 Å². The van der Waals surface area contributed by atoms with Crippen molar-refractivity contribution >= 4 is 6.03 Å². The van der Waals surface area contributed by atoms with E-state index in [4.69, 9.17) is 0 Å². The van der Waals surface area contributed by atoms with Crippen LogP contribution in [0.3, 0.4) is 0 Å². The molecule has 2 amide bonds. The molecular weight excluding hydrogens is 286 g/mol. The zero-order valence-electron chi connectivity index (χ0n) is 14.2. The molecule has 3 N–H and O–H groups in total. The number of urea groups is 1. The van der Waals surface area contributed by atoms with Gasteiger partial charge in [0.15, 0.2) is 0 Å². The monoisotopic (exact) mass is 313 g/mol. The first-order chi connectivity index (χ1) is 11.1. The van der Waals surface area contributed by atoms with Crippen LogP contribution in [0.2, 0.25) is 0 Å². The molecule has 0 atom stereocenters. The number of hydrogen-bond acceptors (Lipinski definition) is 2. The SMILES string of the molecule is C=C/C(=C\C=C(/C=C)NC(=O)N/C=C/C=C(\C=C/C)NC)CC. The van der Waals surface area contributed by atoms with Gasteiger partial charge in [0, 0.05) is 24.6 Å². The summed E-state index contributed by atoms with van der Waals surface area (Å²) in [6.45, 7) is 11.4. The number of amides is 2. The number of hydrogen-bond donors (Lipinski definition) is 3. The lowest BCUT2D eigenvalue weighted by atomic mass is 10.2. The van der Waals surface area contributed by atoms with Crippen LogP contribution in [-0.2, 0) is 0 Å². The third kappa shape index (κ3) is 9.74. The standard InChI is InChI=1S/C19H27N3O/c1-6-11-18(20-5)12-10-15-21-19(23)22-17(9-4)14-13-16(7-2)8-3/h6-7,9-15,20H,2,4,8H2,1,3,5H3,(H2,21,22,23)/b11-6-,15-10+,16-13+,17-14+,18-12+. The lowest BCUT2D eigenvalue weighted by Gasteiger charge is -2.04. The highest BCUT2D eigenvalue weighted by Crippen LogP contribution is 2.03. The van der Waals surface area contributed by atoms with Crippen LogP contribution in [0.25, 0.3) is 0 Å². The summed E-state index contributed by atoms with van der Waals surface area (Å²) in [5, 5.41) is 8.37. The van der Waals surface area contributed by atoms with E-state index in [1.54, 1.807) is 30.5 Å². The van der Waals surface area contributed by atoms with Crippen LogP contribution in [0, 0.1) is 0 Å². The highest BCUT2D eigenvalue weighted by molar-refractivity contribution is 5.77. The van der Waals surface area contributed by atoms with Gasteiger partial charge >= 0.3 is 6.03 Å². The van der Waals surface area contributed by atoms with E-state index in [0.29, 0.717) is 5.70 Å². The molecule has 0 aliphatic carbocycles. The Labute approximate surface area is 139 Å². The lowest BCUT2D eigenvalue weighted by Crippen LogP contribution is -2.30. The number of carbonyl (C=O) groups excluding carboxylic acids is 1. The molecule has 0 unspecified atom stereocenters. The lowest BCUT2D eigenvalue weighted by molar-refractivity contribution is 0.247. The van der Waals surface area contributed by atoms with Crippen LogP contribution in [0.15, 0.2) is 84.9 Å². The normalized spacial score (nSPS) is 13.3. The Balaban J connectivity index is 4.63. The van der Waals surface area contributed by atoms with Crippen molar-refractivity contribution in [2.75, 3.05) is 7.05 Å². The quantitative estimate of drug-likeness (QED) is 0.562. The molecule has 124 valence electrons. The number of nitrogens with one attached hydrogen (secondary N) is 3. The third-order valence-corrected chi connectivity index (χ3v) is 2.85. The van der Waals surface area contributed by atoms with Gasteiger partial charge < -0.3 is 16.0 Å². The van der Waals surface area contributed by atoms with E-state index in [2.05, 4.69) is 29.1 Å². The second-order valence-corrected chi connectivity index (χ2v) is 4.45. The summed E-state index contributed by atoms with van der Waals surface area (Å²) in [7, 11) is 1.84. The summed E-state index contributed by atoms with van der Waals surface area (Å²) in [5.41, 5.74) is 2.64. The minimum absolute atomic E-state index is 0.331. The van der Waals surface area contributed by atoms with Gasteiger partial charge in [0.25, 0.3) is 0 Å². The summed E-state index contributed by atoms with van der Waals surface area (Å²) in [6.07, 6.45) is 17.0. The first-order valence-electron chi connectivity index (χ1n) is 7.51. The number of carbonyl (C=O) groups is 1. The molecule has 0 aromatic carbocycles. The molecule has 0 spiro atoms. The van der Waals surface area contributed by atoms with Gasteiger partial charge in [-0.25, -0.2) is 4.79 Å². The molecule has 0 saturated carbocycles. The smallest absolute Gasteiger partial charge is 0.323 e. The van der Waals surface area contributed by atoms with Gasteiger partial charge in [0.2, 0.25) is 0 Å². The molecule has 0 fully saturated rings. The van der Waals surface area contributed by atoms with E-state index >= 15 is 0 Å². The Bertz CT molecular complexity index is 549. The summed E-state index contributed by atoms with van der Waals surface area (Å²) in [5.74, 6) is 0. The Hall–Kier alpha value is -2.75. The predicted molar refractivity (Wildman–Crippen MR) is 99.6 cm³/mol. The first kappa shape index (κ1) is 20.2. The van der Waals surface area contributed by atoms with Gasteiger partial charge in [-0.05, 0) is 49.3 Å². The zero-order valence-corrected chi connectivity index (χ0v) is 14.2. The summed E-state index contributed by atoms with van der Waals surface area (Å²) >= 11 is 0. The summed E-state index contributed by atoms with van der Waals surface area (Å²) < 4.78 is 0. The zero-order chi connectivity index (χ0) is 17.5. The number of allylic oxidation sites excluding steroid dienone is 9. The molecule has 0 heterocycles. The Morgan fingerprint density at radius 3 is 2.35 bits per heavy atom. The van der Waals surface area contributed by atoms with Crippen molar-refractivity contribution in [2.24, 2.45) is 0 Å². The molecular formula is C19H27N3O. The van der Waals surface area contributed by atoms with Crippen LogP contribution in [0.4, 0.5) is 4.79 Å². The maximum Gasteiger partial charge on any atom is 0.323 e. The fraction of sp³-hybridized carbons (Fsp3) is 0.211. The molecule has 0 rings (SSSR count). The molecule has 4 heteroatoms. The fourth-order valence-corrected chi connectivity index (χ4v) is 1.53. The number of likely N-dealkylation sites (N-methyl/N-ethyl adjacent to an activating group) is 1. The highest BCUT2D eigenvalue weighted by Gasteiger charge is 1.97. The minimum Gasteiger partial charge on any atom is -0.388 e. The van der Waals surface area contributed by atoms with Crippen LogP contribution < -0.4 is 16.0 Å². The molecule has 0 aliphatic rings. The van der Waals surface area contributed by atoms with E-state index < -0.39 is 0 Å². The largest absolute Gasteiger partial charge is 0.388 e. The van der Waals surface area contributed by atoms with Gasteiger partial charge in [0.1, 0.15) is 0 Å². The fourth-order valence-electron chi connectivity index (χ4n) is 1.53. The molecule has 23 heavy (non-hydrogen) atoms. The maximum atomic E-state index is 11.8. The maximum absolute atomic E-state index is 11.8. The van der Waals surface area contributed by atoms with Crippen LogP contribution >= 0.6 is 0 Å². The van der Waals surface area contributed by atoms with Gasteiger partial charge in [-0.15, -0.1) is 0 Å². The summed E-state index contributed by atoms with van der Waals surface area (Å²) in [4.78, 5) is 11.8. The molecule has 0 aromatic heterocycles. The second-order valence-electron chi connectivity index (χ2n) is 4.45. The van der Waals surface area contributed by atoms with E-state index in [-0.39, 0.29) is 6.03 Å². The van der Waals surface area contributed by atoms with Crippen molar-refractivity contribution in [3.8, 4) is 0 Å². The van der Waals surface area contributed by atoms with Crippen molar-refractivity contribution in [3.05, 3.63) is 84.9 Å². The average Bonchev–Trinajstić information content (AvgIpc) is 2.57. The van der Waals surface area contributed by atoms with E-state index in [1.807, 2.05) is 45.2 Å². The van der Waals surface area contributed by atoms with Crippen molar-refractivity contribution in [3.63, 3.8) is 0 Å². The second kappa shape index (κ2) is 13.0. The summed E-state index contributed by atoms with van der Waals surface area (Å²) in [6, 6.07) is -0.331. The third-order valence-electron chi connectivity index (χ3n) is 2.85. The van der Waals surface area contributed by atoms with E-state index in [1.165, 1.54) is 0 Å².